The predicted molar refractivity (Wildman–Crippen MR) is 123 cm³/mol. The van der Waals surface area contributed by atoms with E-state index in [9.17, 15) is 9.90 Å². The Balaban J connectivity index is 1.42. The number of rotatable bonds is 8. The Kier molecular flexibility index (Phi) is 4.99. The molecule has 2 aromatic carbocycles. The molecule has 5 rings (SSSR count). The highest BCUT2D eigenvalue weighted by atomic mass is 35.5. The van der Waals surface area contributed by atoms with Gasteiger partial charge in [-0.05, 0) is 66.2 Å². The number of halogens is 1. The number of aldehydes is 1. The lowest BCUT2D eigenvalue weighted by molar-refractivity contribution is -0.109. The number of benzene rings is 2. The first-order valence-electron chi connectivity index (χ1n) is 11.5. The number of fused-ring (bicyclic) bond motifs is 1. The first kappa shape index (κ1) is 21.0. The summed E-state index contributed by atoms with van der Waals surface area (Å²) in [6.45, 7) is 5.16. The Morgan fingerprint density at radius 2 is 2.00 bits per heavy atom. The predicted octanol–water partition coefficient (Wildman–Crippen LogP) is 5.56. The van der Waals surface area contributed by atoms with Crippen LogP contribution >= 0.6 is 11.6 Å². The number of carbonyl (C=O) groups is 1. The summed E-state index contributed by atoms with van der Waals surface area (Å²) in [5.74, 6) is 1.31. The van der Waals surface area contributed by atoms with E-state index in [-0.39, 0.29) is 10.8 Å². The Bertz CT molecular complexity index is 1020. The fourth-order valence-electron chi connectivity index (χ4n) is 5.52. The van der Waals surface area contributed by atoms with Gasteiger partial charge >= 0.3 is 0 Å². The van der Waals surface area contributed by atoms with Gasteiger partial charge in [0.25, 0.3) is 0 Å². The fourth-order valence-corrected chi connectivity index (χ4v) is 5.77. The average molecular weight is 439 g/mol. The lowest BCUT2D eigenvalue weighted by Crippen LogP contribution is -2.41. The molecule has 3 aliphatic rings. The molecule has 164 valence electrons. The molecule has 1 N–H and O–H groups in total. The van der Waals surface area contributed by atoms with Gasteiger partial charge in [0.05, 0.1) is 17.6 Å². The van der Waals surface area contributed by atoms with Gasteiger partial charge in [-0.25, -0.2) is 0 Å². The van der Waals surface area contributed by atoms with Gasteiger partial charge in [-0.3, -0.25) is 0 Å². The molecular formula is C27H31ClO3. The van der Waals surface area contributed by atoms with Gasteiger partial charge in [0.2, 0.25) is 0 Å². The van der Waals surface area contributed by atoms with E-state index < -0.39 is 5.60 Å². The second kappa shape index (κ2) is 7.35. The lowest BCUT2D eigenvalue weighted by Gasteiger charge is -2.38. The van der Waals surface area contributed by atoms with E-state index >= 15 is 0 Å². The van der Waals surface area contributed by atoms with E-state index in [0.717, 1.165) is 61.9 Å². The minimum atomic E-state index is -0.822. The summed E-state index contributed by atoms with van der Waals surface area (Å²) in [5.41, 5.74) is 3.04. The van der Waals surface area contributed by atoms with Gasteiger partial charge in [0.1, 0.15) is 12.0 Å². The molecule has 0 aromatic heterocycles. The van der Waals surface area contributed by atoms with E-state index in [1.165, 1.54) is 11.1 Å². The number of carbonyl (C=O) groups excluding carboxylic acids is 1. The van der Waals surface area contributed by atoms with Crippen LogP contribution in [-0.4, -0.2) is 23.6 Å². The minimum absolute atomic E-state index is 0.227. The molecule has 2 saturated carbocycles. The zero-order valence-electron chi connectivity index (χ0n) is 18.4. The largest absolute Gasteiger partial charge is 0.493 e. The first-order chi connectivity index (χ1) is 14.8. The minimum Gasteiger partial charge on any atom is -0.493 e. The number of ether oxygens (including phenoxy) is 1. The smallest absolute Gasteiger partial charge is 0.130 e. The van der Waals surface area contributed by atoms with Crippen molar-refractivity contribution in [1.29, 1.82) is 0 Å². The molecule has 0 bridgehead atoms. The van der Waals surface area contributed by atoms with Gasteiger partial charge in [0, 0.05) is 23.4 Å². The summed E-state index contributed by atoms with van der Waals surface area (Å²) in [5, 5.41) is 12.6. The Morgan fingerprint density at radius 1 is 1.23 bits per heavy atom. The van der Waals surface area contributed by atoms with Crippen LogP contribution < -0.4 is 4.74 Å². The molecule has 1 atom stereocenters. The van der Waals surface area contributed by atoms with E-state index in [4.69, 9.17) is 16.3 Å². The number of aliphatic hydroxyl groups is 1. The monoisotopic (exact) mass is 438 g/mol. The quantitative estimate of drug-likeness (QED) is 0.549. The summed E-state index contributed by atoms with van der Waals surface area (Å²) in [6.07, 6.45) is 7.11. The summed E-state index contributed by atoms with van der Waals surface area (Å²) in [6, 6.07) is 12.4. The number of hydrogen-bond acceptors (Lipinski definition) is 3. The van der Waals surface area contributed by atoms with Crippen molar-refractivity contribution in [3.05, 3.63) is 63.7 Å². The van der Waals surface area contributed by atoms with Crippen molar-refractivity contribution in [2.75, 3.05) is 6.61 Å². The summed E-state index contributed by atoms with van der Waals surface area (Å²) >= 11 is 6.67. The van der Waals surface area contributed by atoms with Crippen molar-refractivity contribution in [1.82, 2.24) is 0 Å². The molecule has 4 heteroatoms. The van der Waals surface area contributed by atoms with Crippen molar-refractivity contribution in [2.45, 2.75) is 75.2 Å². The standard InChI is InChI=1S/C27H31ClO3/c1-25(2,22-5-3-4-18-10-13-31-24(18)22)16-27(30,20-8-9-20)15-19-6-7-21(14-23(19)28)26(17-29)11-12-26/h3-7,14,17,20,30H,8-13,15-16H2,1-2H3. The molecule has 31 heavy (non-hydrogen) atoms. The molecule has 0 saturated heterocycles. The summed E-state index contributed by atoms with van der Waals surface area (Å²) < 4.78 is 5.97. The van der Waals surface area contributed by atoms with Crippen LogP contribution in [0.4, 0.5) is 0 Å². The maximum absolute atomic E-state index is 11.9. The van der Waals surface area contributed by atoms with E-state index in [2.05, 4.69) is 32.0 Å². The average Bonchev–Trinajstić information content (AvgIpc) is 3.65. The lowest BCUT2D eigenvalue weighted by atomic mass is 9.71. The van der Waals surface area contributed by atoms with Gasteiger partial charge in [-0.15, -0.1) is 0 Å². The third-order valence-electron chi connectivity index (χ3n) is 7.67. The first-order valence-corrected chi connectivity index (χ1v) is 11.9. The normalized spacial score (nSPS) is 21.2. The van der Waals surface area contributed by atoms with Crippen molar-refractivity contribution >= 4 is 17.9 Å². The zero-order chi connectivity index (χ0) is 21.9. The molecule has 0 spiro atoms. The maximum Gasteiger partial charge on any atom is 0.130 e. The van der Waals surface area contributed by atoms with Crippen LogP contribution in [0.5, 0.6) is 5.75 Å². The van der Waals surface area contributed by atoms with Crippen LogP contribution in [0.2, 0.25) is 5.02 Å². The van der Waals surface area contributed by atoms with Crippen LogP contribution in [-0.2, 0) is 28.5 Å². The molecule has 3 nitrogen and oxygen atoms in total. The second-order valence-corrected chi connectivity index (χ2v) is 11.0. The highest BCUT2D eigenvalue weighted by Gasteiger charge is 2.48. The van der Waals surface area contributed by atoms with Crippen molar-refractivity contribution in [3.63, 3.8) is 0 Å². The van der Waals surface area contributed by atoms with Gasteiger partial charge < -0.3 is 14.6 Å². The van der Waals surface area contributed by atoms with Crippen LogP contribution in [0.25, 0.3) is 0 Å². The number of para-hydroxylation sites is 1. The SMILES string of the molecule is CC(C)(CC(O)(Cc1ccc(C2(C=O)CC2)cc1Cl)C1CC1)c1cccc2c1OCC2. The molecule has 1 aliphatic heterocycles. The van der Waals surface area contributed by atoms with Crippen LogP contribution in [0.3, 0.4) is 0 Å². The van der Waals surface area contributed by atoms with E-state index in [0.29, 0.717) is 23.8 Å². The Hall–Kier alpha value is -1.84. The zero-order valence-corrected chi connectivity index (χ0v) is 19.2. The van der Waals surface area contributed by atoms with Crippen molar-refractivity contribution in [3.8, 4) is 5.75 Å². The van der Waals surface area contributed by atoms with E-state index in [1.54, 1.807) is 0 Å². The fraction of sp³-hybridized carbons (Fsp3) is 0.519. The molecular weight excluding hydrogens is 408 g/mol. The van der Waals surface area contributed by atoms with Gasteiger partial charge in [-0.2, -0.15) is 0 Å². The topological polar surface area (TPSA) is 46.5 Å². The van der Waals surface area contributed by atoms with Crippen LogP contribution in [0, 0.1) is 5.92 Å². The van der Waals surface area contributed by atoms with Crippen molar-refractivity contribution in [2.24, 2.45) is 5.92 Å². The highest BCUT2D eigenvalue weighted by molar-refractivity contribution is 6.31. The van der Waals surface area contributed by atoms with Crippen LogP contribution in [0.15, 0.2) is 36.4 Å². The van der Waals surface area contributed by atoms with Gasteiger partial charge in [-0.1, -0.05) is 55.8 Å². The third kappa shape index (κ3) is 3.81. The number of hydrogen-bond donors (Lipinski definition) is 1. The maximum atomic E-state index is 11.9. The third-order valence-corrected chi connectivity index (χ3v) is 8.02. The Morgan fingerprint density at radius 3 is 2.65 bits per heavy atom. The summed E-state index contributed by atoms with van der Waals surface area (Å²) in [7, 11) is 0. The Labute approximate surface area is 189 Å². The molecule has 2 fully saturated rings. The van der Waals surface area contributed by atoms with Crippen LogP contribution in [0.1, 0.15) is 68.2 Å². The molecule has 1 unspecified atom stereocenters. The summed E-state index contributed by atoms with van der Waals surface area (Å²) in [4.78, 5) is 11.5. The van der Waals surface area contributed by atoms with Gasteiger partial charge in [0.15, 0.2) is 0 Å². The molecule has 0 radical (unpaired) electrons. The van der Waals surface area contributed by atoms with E-state index in [1.807, 2.05) is 18.2 Å². The molecule has 2 aromatic rings. The molecule has 2 aliphatic carbocycles. The highest BCUT2D eigenvalue weighted by Crippen LogP contribution is 2.51. The van der Waals surface area contributed by atoms with Crippen molar-refractivity contribution < 1.29 is 14.6 Å². The molecule has 1 heterocycles. The second-order valence-electron chi connectivity index (χ2n) is 10.6. The molecule has 0 amide bonds.